The molecule has 1 fully saturated rings. The first-order valence-corrected chi connectivity index (χ1v) is 9.56. The first-order valence-electron chi connectivity index (χ1n) is 9.56. The number of ether oxygens (including phenoxy) is 1. The molecule has 4 rings (SSSR count). The third kappa shape index (κ3) is 3.82. The Balaban J connectivity index is 1.46. The van der Waals surface area contributed by atoms with E-state index in [-0.39, 0.29) is 11.8 Å². The minimum atomic E-state index is 0.0478. The summed E-state index contributed by atoms with van der Waals surface area (Å²) in [6, 6.07) is 13.8. The number of piperidine rings is 1. The van der Waals surface area contributed by atoms with E-state index in [4.69, 9.17) is 9.84 Å². The topological polar surface area (TPSA) is 84.6 Å². The van der Waals surface area contributed by atoms with Crippen molar-refractivity contribution >= 4 is 17.4 Å². The number of carbonyl (C=O) groups excluding carboxylic acids is 1. The molecule has 146 valence electrons. The van der Waals surface area contributed by atoms with Crippen molar-refractivity contribution in [3.63, 3.8) is 0 Å². The summed E-state index contributed by atoms with van der Waals surface area (Å²) >= 11 is 0. The van der Waals surface area contributed by atoms with Gasteiger partial charge in [-0.15, -0.1) is 15.3 Å². The van der Waals surface area contributed by atoms with Gasteiger partial charge in [0.2, 0.25) is 5.91 Å². The van der Waals surface area contributed by atoms with Crippen molar-refractivity contribution in [2.75, 3.05) is 38.3 Å². The van der Waals surface area contributed by atoms with E-state index in [9.17, 15) is 4.79 Å². The Hall–Kier alpha value is -3.00. The van der Waals surface area contributed by atoms with Gasteiger partial charge in [-0.25, -0.2) is 0 Å². The summed E-state index contributed by atoms with van der Waals surface area (Å²) < 4.78 is 6.77. The van der Waals surface area contributed by atoms with Crippen LogP contribution in [0.3, 0.4) is 0 Å². The Morgan fingerprint density at radius 3 is 2.68 bits per heavy atom. The SMILES string of the molecule is COCCNC(=O)C1CCN(c2ccc3nnc(-c4ccccc4)n3n2)CC1. The first kappa shape index (κ1) is 18.4. The van der Waals surface area contributed by atoms with Gasteiger partial charge in [0, 0.05) is 38.2 Å². The lowest BCUT2D eigenvalue weighted by molar-refractivity contribution is -0.125. The van der Waals surface area contributed by atoms with Crippen LogP contribution in [-0.2, 0) is 9.53 Å². The van der Waals surface area contributed by atoms with E-state index in [0.717, 1.165) is 48.8 Å². The third-order valence-corrected chi connectivity index (χ3v) is 5.08. The summed E-state index contributed by atoms with van der Waals surface area (Å²) in [6.45, 7) is 2.69. The maximum Gasteiger partial charge on any atom is 0.223 e. The molecule has 1 aromatic carbocycles. The first-order chi connectivity index (χ1) is 13.8. The quantitative estimate of drug-likeness (QED) is 0.656. The van der Waals surface area contributed by atoms with Crippen LogP contribution in [0.1, 0.15) is 12.8 Å². The van der Waals surface area contributed by atoms with Gasteiger partial charge in [-0.05, 0) is 25.0 Å². The molecule has 1 aliphatic rings. The number of amides is 1. The Kier molecular flexibility index (Phi) is 5.48. The van der Waals surface area contributed by atoms with Gasteiger partial charge in [-0.3, -0.25) is 4.79 Å². The second kappa shape index (κ2) is 8.35. The lowest BCUT2D eigenvalue weighted by Crippen LogP contribution is -2.41. The summed E-state index contributed by atoms with van der Waals surface area (Å²) in [5, 5.41) is 16.2. The fourth-order valence-corrected chi connectivity index (χ4v) is 3.51. The molecule has 0 atom stereocenters. The van der Waals surface area contributed by atoms with E-state index < -0.39 is 0 Å². The summed E-state index contributed by atoms with van der Waals surface area (Å²) in [5.41, 5.74) is 1.70. The van der Waals surface area contributed by atoms with Gasteiger partial charge in [0.25, 0.3) is 0 Å². The molecular weight excluding hydrogens is 356 g/mol. The van der Waals surface area contributed by atoms with E-state index in [1.807, 2.05) is 42.5 Å². The van der Waals surface area contributed by atoms with E-state index in [2.05, 4.69) is 20.4 Å². The highest BCUT2D eigenvalue weighted by atomic mass is 16.5. The largest absolute Gasteiger partial charge is 0.383 e. The molecule has 0 aliphatic carbocycles. The Morgan fingerprint density at radius 1 is 1.14 bits per heavy atom. The zero-order valence-corrected chi connectivity index (χ0v) is 15.9. The molecule has 3 heterocycles. The zero-order valence-electron chi connectivity index (χ0n) is 15.9. The molecule has 1 N–H and O–H groups in total. The van der Waals surface area contributed by atoms with E-state index in [1.165, 1.54) is 0 Å². The van der Waals surface area contributed by atoms with Crippen LogP contribution in [0.5, 0.6) is 0 Å². The number of nitrogens with zero attached hydrogens (tertiary/aromatic N) is 5. The standard InChI is InChI=1S/C20H24N6O2/c1-28-14-11-21-20(27)16-9-12-25(13-10-16)18-8-7-17-22-23-19(26(17)24-18)15-5-3-2-4-6-15/h2-8,16H,9-14H2,1H3,(H,21,27). The van der Waals surface area contributed by atoms with Gasteiger partial charge >= 0.3 is 0 Å². The van der Waals surface area contributed by atoms with Crippen LogP contribution >= 0.6 is 0 Å². The summed E-state index contributed by atoms with van der Waals surface area (Å²) in [4.78, 5) is 14.5. The molecule has 2 aromatic heterocycles. The van der Waals surface area contributed by atoms with Crippen molar-refractivity contribution in [1.82, 2.24) is 25.1 Å². The molecule has 28 heavy (non-hydrogen) atoms. The minimum Gasteiger partial charge on any atom is -0.383 e. The maximum atomic E-state index is 12.2. The van der Waals surface area contributed by atoms with E-state index in [1.54, 1.807) is 11.6 Å². The van der Waals surface area contributed by atoms with Crippen molar-refractivity contribution in [2.24, 2.45) is 5.92 Å². The van der Waals surface area contributed by atoms with Crippen molar-refractivity contribution < 1.29 is 9.53 Å². The van der Waals surface area contributed by atoms with Crippen molar-refractivity contribution in [2.45, 2.75) is 12.8 Å². The molecular formula is C20H24N6O2. The number of hydrogen-bond donors (Lipinski definition) is 1. The summed E-state index contributed by atoms with van der Waals surface area (Å²) in [6.07, 6.45) is 1.62. The molecule has 1 amide bonds. The molecule has 1 aliphatic heterocycles. The van der Waals surface area contributed by atoms with Gasteiger partial charge in [0.15, 0.2) is 11.5 Å². The monoisotopic (exact) mass is 380 g/mol. The fraction of sp³-hybridized carbons (Fsp3) is 0.400. The molecule has 0 spiro atoms. The van der Waals surface area contributed by atoms with Crippen molar-refractivity contribution in [3.8, 4) is 11.4 Å². The maximum absolute atomic E-state index is 12.2. The number of nitrogens with one attached hydrogen (secondary N) is 1. The molecule has 0 bridgehead atoms. The van der Waals surface area contributed by atoms with Crippen LogP contribution in [0.2, 0.25) is 0 Å². The third-order valence-electron chi connectivity index (χ3n) is 5.08. The zero-order chi connectivity index (χ0) is 19.3. The average molecular weight is 380 g/mol. The molecule has 8 nitrogen and oxygen atoms in total. The number of fused-ring (bicyclic) bond motifs is 1. The number of methoxy groups -OCH3 is 1. The fourth-order valence-electron chi connectivity index (χ4n) is 3.51. The predicted octanol–water partition coefficient (Wildman–Crippen LogP) is 1.77. The lowest BCUT2D eigenvalue weighted by atomic mass is 9.96. The number of aromatic nitrogens is 4. The summed E-state index contributed by atoms with van der Waals surface area (Å²) in [5.74, 6) is 1.77. The number of rotatable bonds is 6. The number of hydrogen-bond acceptors (Lipinski definition) is 6. The van der Waals surface area contributed by atoms with Crippen molar-refractivity contribution in [3.05, 3.63) is 42.5 Å². The Bertz CT molecular complexity index is 934. The number of anilines is 1. The van der Waals surface area contributed by atoms with Crippen LogP contribution in [0.25, 0.3) is 17.0 Å². The number of benzene rings is 1. The molecule has 3 aromatic rings. The highest BCUT2D eigenvalue weighted by Crippen LogP contribution is 2.24. The van der Waals surface area contributed by atoms with Gasteiger partial charge in [0.1, 0.15) is 5.82 Å². The molecule has 1 saturated heterocycles. The highest BCUT2D eigenvalue weighted by molar-refractivity contribution is 5.79. The van der Waals surface area contributed by atoms with Crippen LogP contribution in [-0.4, -0.2) is 59.1 Å². The lowest BCUT2D eigenvalue weighted by Gasteiger charge is -2.32. The minimum absolute atomic E-state index is 0.0478. The second-order valence-electron chi connectivity index (χ2n) is 6.90. The van der Waals surface area contributed by atoms with Crippen molar-refractivity contribution in [1.29, 1.82) is 0 Å². The summed E-state index contributed by atoms with van der Waals surface area (Å²) in [7, 11) is 1.63. The molecule has 0 radical (unpaired) electrons. The highest BCUT2D eigenvalue weighted by Gasteiger charge is 2.25. The normalized spacial score (nSPS) is 15.1. The predicted molar refractivity (Wildman–Crippen MR) is 106 cm³/mol. The Labute approximate surface area is 163 Å². The Morgan fingerprint density at radius 2 is 1.93 bits per heavy atom. The van der Waals surface area contributed by atoms with Gasteiger partial charge in [0.05, 0.1) is 6.61 Å². The van der Waals surface area contributed by atoms with E-state index in [0.29, 0.717) is 13.2 Å². The molecule has 0 saturated carbocycles. The van der Waals surface area contributed by atoms with Gasteiger partial charge in [-0.1, -0.05) is 30.3 Å². The smallest absolute Gasteiger partial charge is 0.223 e. The van der Waals surface area contributed by atoms with Crippen LogP contribution in [0, 0.1) is 5.92 Å². The molecule has 8 heteroatoms. The number of carbonyl (C=O) groups is 1. The van der Waals surface area contributed by atoms with E-state index >= 15 is 0 Å². The van der Waals surface area contributed by atoms with Crippen LogP contribution < -0.4 is 10.2 Å². The molecule has 0 unspecified atom stereocenters. The van der Waals surface area contributed by atoms with Crippen LogP contribution in [0.4, 0.5) is 5.82 Å². The van der Waals surface area contributed by atoms with Gasteiger partial charge < -0.3 is 15.0 Å². The second-order valence-corrected chi connectivity index (χ2v) is 6.90. The van der Waals surface area contributed by atoms with Crippen LogP contribution in [0.15, 0.2) is 42.5 Å². The van der Waals surface area contributed by atoms with Gasteiger partial charge in [-0.2, -0.15) is 4.52 Å². The average Bonchev–Trinajstić information content (AvgIpc) is 3.18.